The van der Waals surface area contributed by atoms with Crippen molar-refractivity contribution in [3.8, 4) is 0 Å². The van der Waals surface area contributed by atoms with Gasteiger partial charge in [-0.15, -0.1) is 4.91 Å². The zero-order valence-electron chi connectivity index (χ0n) is 16.3. The van der Waals surface area contributed by atoms with Crippen LogP contribution in [0.25, 0.3) is 0 Å². The summed E-state index contributed by atoms with van der Waals surface area (Å²) in [4.78, 5) is 36.2. The van der Waals surface area contributed by atoms with Gasteiger partial charge in [0.2, 0.25) is 0 Å². The first-order valence-corrected chi connectivity index (χ1v) is 9.52. The van der Waals surface area contributed by atoms with Gasteiger partial charge in [-0.1, -0.05) is 58.1 Å². The van der Waals surface area contributed by atoms with Gasteiger partial charge in [-0.3, -0.25) is 0 Å². The molecule has 0 saturated carbocycles. The number of unbranched alkanes of at least 4 members (excludes halogenated alkanes) is 6. The number of esters is 1. The molecule has 0 unspecified atom stereocenters. The summed E-state index contributed by atoms with van der Waals surface area (Å²) in [5, 5.41) is 11.2. The van der Waals surface area contributed by atoms with E-state index in [9.17, 15) is 14.5 Å². The largest absolute Gasteiger partial charge is 0.478 e. The Morgan fingerprint density at radius 1 is 0.889 bits per heavy atom. The molecule has 0 bridgehead atoms. The summed E-state index contributed by atoms with van der Waals surface area (Å²) in [5.41, 5.74) is 0.0788. The van der Waals surface area contributed by atoms with Crippen LogP contribution >= 0.6 is 0 Å². The van der Waals surface area contributed by atoms with Gasteiger partial charge in [0.05, 0.1) is 17.7 Å². The first kappa shape index (κ1) is 24.6. The Bertz CT molecular complexity index is 547. The monoisotopic (exact) mass is 381 g/mol. The zero-order chi connectivity index (χ0) is 20.3. The van der Waals surface area contributed by atoms with Crippen molar-refractivity contribution in [2.45, 2.75) is 65.2 Å². The highest BCUT2D eigenvalue weighted by Gasteiger charge is 2.16. The maximum Gasteiger partial charge on any atom is 0.339 e. The second-order valence-electron chi connectivity index (χ2n) is 6.02. The molecule has 0 spiro atoms. The van der Waals surface area contributed by atoms with Gasteiger partial charge in [-0.05, 0) is 31.4 Å². The van der Waals surface area contributed by atoms with E-state index in [4.69, 9.17) is 9.84 Å². The Morgan fingerprint density at radius 3 is 2.07 bits per heavy atom. The molecule has 0 aliphatic heterocycles. The number of ether oxygens (including phenoxy) is 1. The summed E-state index contributed by atoms with van der Waals surface area (Å²) < 4.78 is 4.96. The van der Waals surface area contributed by atoms with Crippen LogP contribution in [0.1, 0.15) is 85.9 Å². The van der Waals surface area contributed by atoms with Crippen molar-refractivity contribution in [3.05, 3.63) is 40.3 Å². The molecular weight excluding hydrogens is 350 g/mol. The smallest absolute Gasteiger partial charge is 0.339 e. The minimum atomic E-state index is -1.12. The fourth-order valence-corrected chi connectivity index (χ4v) is 2.22. The van der Waals surface area contributed by atoms with E-state index in [1.165, 1.54) is 37.8 Å². The molecule has 0 saturated heterocycles. The predicted molar refractivity (Wildman–Crippen MR) is 104 cm³/mol. The molecule has 0 aliphatic carbocycles. The minimum absolute atomic E-state index is 0.0241. The summed E-state index contributed by atoms with van der Waals surface area (Å²) >= 11 is 0. The number of carbonyl (C=O) groups is 2. The quantitative estimate of drug-likeness (QED) is 0.213. The van der Waals surface area contributed by atoms with Crippen LogP contribution in [-0.4, -0.2) is 30.3 Å². The van der Waals surface area contributed by atoms with Gasteiger partial charge in [-0.2, -0.15) is 0 Å². The van der Waals surface area contributed by atoms with Crippen LogP contribution in [0.5, 0.6) is 0 Å². The number of aromatic carboxylic acids is 1. The van der Waals surface area contributed by atoms with Crippen molar-refractivity contribution >= 4 is 11.9 Å². The van der Waals surface area contributed by atoms with Gasteiger partial charge in [-0.25, -0.2) is 9.59 Å². The number of hydrogen-bond donors (Lipinski definition) is 1. The predicted octanol–water partition coefficient (Wildman–Crippen LogP) is 5.39. The second-order valence-corrected chi connectivity index (χ2v) is 6.02. The molecule has 152 valence electrons. The molecule has 7 nitrogen and oxygen atoms in total. The standard InChI is InChI=1S/C12H14O4.C8H17NO2/c1-2-3-8-16-12(15)10-7-5-4-6-9(10)11(13)14;1-2-3-4-5-6-7-8-11-9-10/h4-7H,2-3,8H2,1H3,(H,13,14);2-8H2,1H3. The first-order chi connectivity index (χ1) is 13.1. The molecular formula is C20H31NO6. The Morgan fingerprint density at radius 2 is 1.48 bits per heavy atom. The first-order valence-electron chi connectivity index (χ1n) is 9.52. The van der Waals surface area contributed by atoms with Gasteiger partial charge in [0, 0.05) is 0 Å². The van der Waals surface area contributed by atoms with E-state index in [-0.39, 0.29) is 11.1 Å². The van der Waals surface area contributed by atoms with Crippen LogP contribution in [0.15, 0.2) is 29.6 Å². The number of benzene rings is 1. The highest BCUT2D eigenvalue weighted by atomic mass is 16.7. The van der Waals surface area contributed by atoms with Crippen LogP contribution in [0.2, 0.25) is 0 Å². The molecule has 1 aromatic rings. The zero-order valence-corrected chi connectivity index (χ0v) is 16.3. The van der Waals surface area contributed by atoms with E-state index < -0.39 is 11.9 Å². The molecule has 1 rings (SSSR count). The topological polar surface area (TPSA) is 102 Å². The normalized spacial score (nSPS) is 9.70. The van der Waals surface area contributed by atoms with Crippen LogP contribution in [-0.2, 0) is 9.57 Å². The highest BCUT2D eigenvalue weighted by Crippen LogP contribution is 2.10. The molecule has 7 heteroatoms. The molecule has 0 atom stereocenters. The van der Waals surface area contributed by atoms with Gasteiger partial charge in [0.15, 0.2) is 5.34 Å². The van der Waals surface area contributed by atoms with E-state index in [1.54, 1.807) is 12.1 Å². The maximum atomic E-state index is 11.6. The molecule has 1 aromatic carbocycles. The minimum Gasteiger partial charge on any atom is -0.478 e. The number of nitrogens with zero attached hydrogens (tertiary/aromatic N) is 1. The third-order valence-electron chi connectivity index (χ3n) is 3.75. The number of carboxylic acid groups (broad SMARTS) is 1. The van der Waals surface area contributed by atoms with E-state index in [2.05, 4.69) is 17.1 Å². The number of hydrogen-bond acceptors (Lipinski definition) is 6. The van der Waals surface area contributed by atoms with Crippen molar-refractivity contribution in [2.24, 2.45) is 5.34 Å². The molecule has 0 aromatic heterocycles. The average molecular weight is 381 g/mol. The fraction of sp³-hybridized carbons (Fsp3) is 0.600. The second kappa shape index (κ2) is 17.0. The molecule has 0 aliphatic rings. The SMILES string of the molecule is CCCCCCCCON=O.CCCCOC(=O)c1ccccc1C(=O)O. The Balaban J connectivity index is 0.000000541. The van der Waals surface area contributed by atoms with E-state index in [0.29, 0.717) is 13.2 Å². The maximum absolute atomic E-state index is 11.6. The molecule has 0 radical (unpaired) electrons. The van der Waals surface area contributed by atoms with Crippen molar-refractivity contribution in [2.75, 3.05) is 13.2 Å². The molecule has 1 N–H and O–H groups in total. The van der Waals surface area contributed by atoms with Crippen LogP contribution in [0.3, 0.4) is 0 Å². The van der Waals surface area contributed by atoms with Gasteiger partial charge >= 0.3 is 11.9 Å². The molecule has 0 fully saturated rings. The van der Waals surface area contributed by atoms with Crippen LogP contribution in [0.4, 0.5) is 0 Å². The van der Waals surface area contributed by atoms with Gasteiger partial charge < -0.3 is 14.7 Å². The molecule has 27 heavy (non-hydrogen) atoms. The lowest BCUT2D eigenvalue weighted by atomic mass is 10.1. The summed E-state index contributed by atoms with van der Waals surface area (Å²) in [7, 11) is 0. The summed E-state index contributed by atoms with van der Waals surface area (Å²) in [6.07, 6.45) is 8.93. The van der Waals surface area contributed by atoms with Crippen molar-refractivity contribution in [1.82, 2.24) is 0 Å². The van der Waals surface area contributed by atoms with Crippen LogP contribution in [0, 0.1) is 4.91 Å². The highest BCUT2D eigenvalue weighted by molar-refractivity contribution is 6.02. The number of carbonyl (C=O) groups excluding carboxylic acids is 1. The number of carboxylic acids is 1. The van der Waals surface area contributed by atoms with E-state index in [1.807, 2.05) is 6.92 Å². The summed E-state index contributed by atoms with van der Waals surface area (Å²) in [6, 6.07) is 6.03. The third-order valence-corrected chi connectivity index (χ3v) is 3.75. The Labute approximate surface area is 161 Å². The molecule has 0 amide bonds. The van der Waals surface area contributed by atoms with Crippen molar-refractivity contribution in [1.29, 1.82) is 0 Å². The lowest BCUT2D eigenvalue weighted by molar-refractivity contribution is 0.0489. The lowest BCUT2D eigenvalue weighted by Gasteiger charge is -2.06. The average Bonchev–Trinajstić information content (AvgIpc) is 2.68. The van der Waals surface area contributed by atoms with Gasteiger partial charge in [0.1, 0.15) is 6.61 Å². The van der Waals surface area contributed by atoms with E-state index in [0.717, 1.165) is 25.7 Å². The molecule has 0 heterocycles. The Hall–Kier alpha value is -2.44. The van der Waals surface area contributed by atoms with E-state index >= 15 is 0 Å². The van der Waals surface area contributed by atoms with Crippen molar-refractivity contribution < 1.29 is 24.3 Å². The number of rotatable bonds is 13. The fourth-order valence-electron chi connectivity index (χ4n) is 2.22. The summed E-state index contributed by atoms with van der Waals surface area (Å²) in [5.74, 6) is -1.70. The van der Waals surface area contributed by atoms with Gasteiger partial charge in [0.25, 0.3) is 0 Å². The Kier molecular flexibility index (Phi) is 15.5. The third kappa shape index (κ3) is 12.5. The van der Waals surface area contributed by atoms with Crippen molar-refractivity contribution in [3.63, 3.8) is 0 Å². The van der Waals surface area contributed by atoms with Crippen LogP contribution < -0.4 is 0 Å². The summed E-state index contributed by atoms with van der Waals surface area (Å²) in [6.45, 7) is 4.98. The lowest BCUT2D eigenvalue weighted by Crippen LogP contribution is -2.12.